The largest absolute Gasteiger partial charge is 0.314 e. The van der Waals surface area contributed by atoms with Crippen LogP contribution >= 0.6 is 0 Å². The summed E-state index contributed by atoms with van der Waals surface area (Å²) < 4.78 is 7.45. The van der Waals surface area contributed by atoms with Crippen LogP contribution in [0.1, 0.15) is 26.7 Å². The van der Waals surface area contributed by atoms with E-state index in [4.69, 9.17) is 1.41 Å². The quantitative estimate of drug-likeness (QED) is 0.543. The zero-order valence-corrected chi connectivity index (χ0v) is 5.72. The number of hydrogen-bond donors (Lipinski definition) is 1. The monoisotopic (exact) mass is 114 g/mol. The number of nitrogens with one attached hydrogen (secondary N) is 1. The van der Waals surface area contributed by atoms with E-state index in [0.717, 1.165) is 6.54 Å². The highest BCUT2D eigenvalue weighted by molar-refractivity contribution is 4.76. The molecule has 48 valence electrons. The van der Waals surface area contributed by atoms with Gasteiger partial charge in [-0.15, -0.1) is 0 Å². The first kappa shape index (κ1) is 4.80. The van der Waals surface area contributed by atoms with Crippen molar-refractivity contribution in [3.63, 3.8) is 0 Å². The van der Waals surface area contributed by atoms with Crippen molar-refractivity contribution in [3.8, 4) is 0 Å². The third-order valence-electron chi connectivity index (χ3n) is 1.79. The first-order valence-corrected chi connectivity index (χ1v) is 3.47. The summed E-state index contributed by atoms with van der Waals surface area (Å²) in [4.78, 5) is 0. The molecule has 0 amide bonds. The third kappa shape index (κ3) is 1.22. The van der Waals surface area contributed by atoms with Crippen molar-refractivity contribution in [1.82, 2.24) is 5.31 Å². The molecule has 1 aliphatic heterocycles. The molecule has 0 saturated carbocycles. The summed E-state index contributed by atoms with van der Waals surface area (Å²) >= 11 is 0. The van der Waals surface area contributed by atoms with Crippen molar-refractivity contribution < 1.29 is 1.41 Å². The van der Waals surface area contributed by atoms with Gasteiger partial charge in [0.1, 0.15) is 1.41 Å². The molecule has 1 nitrogen and oxygen atoms in total. The van der Waals surface area contributed by atoms with Gasteiger partial charge in [0, 0.05) is 6.04 Å². The lowest BCUT2D eigenvalue weighted by molar-refractivity contribution is 0.452. The second-order valence-electron chi connectivity index (χ2n) is 2.86. The standard InChI is InChI=1S/C7H15N/c1-6(2)7-4-3-5-8-7/h6-8H,3-5H2,1-2H3/t7-/m1/s1/i/hD. The van der Waals surface area contributed by atoms with Gasteiger partial charge in [0.25, 0.3) is 0 Å². The van der Waals surface area contributed by atoms with Crippen LogP contribution in [0, 0.1) is 5.92 Å². The minimum Gasteiger partial charge on any atom is -0.314 e. The van der Waals surface area contributed by atoms with E-state index in [-0.39, 0.29) is 0 Å². The topological polar surface area (TPSA) is 12.0 Å². The van der Waals surface area contributed by atoms with E-state index >= 15 is 0 Å². The second-order valence-corrected chi connectivity index (χ2v) is 2.86. The number of hydrogen-bond acceptors (Lipinski definition) is 1. The van der Waals surface area contributed by atoms with Gasteiger partial charge in [-0.2, -0.15) is 0 Å². The lowest BCUT2D eigenvalue weighted by atomic mass is 10.0. The molecule has 0 aromatic rings. The fourth-order valence-corrected chi connectivity index (χ4v) is 1.19. The first-order valence-electron chi connectivity index (χ1n) is 3.92. The summed E-state index contributed by atoms with van der Waals surface area (Å²) in [7, 11) is 0. The zero-order chi connectivity index (χ0) is 6.85. The molecule has 1 aliphatic rings. The fourth-order valence-electron chi connectivity index (χ4n) is 1.19. The second kappa shape index (κ2) is 2.49. The lowest BCUT2D eigenvalue weighted by Crippen LogP contribution is -2.26. The highest BCUT2D eigenvalue weighted by Crippen LogP contribution is 2.12. The van der Waals surface area contributed by atoms with Crippen molar-refractivity contribution in [1.29, 1.82) is 0 Å². The normalized spacial score (nSPS) is 33.9. The van der Waals surface area contributed by atoms with Crippen LogP contribution in [0.2, 0.25) is 1.41 Å². The lowest BCUT2D eigenvalue weighted by Gasteiger charge is -2.12. The molecule has 1 N–H and O–H groups in total. The maximum Gasteiger partial charge on any atom is 0.122 e. The molecule has 0 aromatic carbocycles. The van der Waals surface area contributed by atoms with E-state index in [2.05, 4.69) is 13.8 Å². The molecule has 1 saturated heterocycles. The SMILES string of the molecule is [2H]N1CCC[C@@H]1C(C)C. The minimum absolute atomic E-state index is 0.532. The van der Waals surface area contributed by atoms with E-state index in [9.17, 15) is 0 Å². The van der Waals surface area contributed by atoms with E-state index in [1.807, 2.05) is 0 Å². The Morgan fingerprint density at radius 1 is 1.75 bits per heavy atom. The van der Waals surface area contributed by atoms with Crippen LogP contribution in [0.25, 0.3) is 0 Å². The van der Waals surface area contributed by atoms with Gasteiger partial charge in [0.15, 0.2) is 0 Å². The van der Waals surface area contributed by atoms with E-state index in [1.165, 1.54) is 12.8 Å². The van der Waals surface area contributed by atoms with Crippen LogP contribution in [-0.4, -0.2) is 12.6 Å². The predicted molar refractivity (Wildman–Crippen MR) is 35.9 cm³/mol. The van der Waals surface area contributed by atoms with Crippen molar-refractivity contribution in [3.05, 3.63) is 0 Å². The summed E-state index contributed by atoms with van der Waals surface area (Å²) in [5, 5.41) is 1.73. The van der Waals surface area contributed by atoms with E-state index in [1.54, 1.807) is 5.31 Å². The number of rotatable bonds is 1. The van der Waals surface area contributed by atoms with Gasteiger partial charge >= 0.3 is 0 Å². The van der Waals surface area contributed by atoms with Crippen LogP contribution in [-0.2, 0) is 0 Å². The molecule has 0 bridgehead atoms. The Labute approximate surface area is 52.9 Å². The first-order chi connectivity index (χ1) is 4.22. The van der Waals surface area contributed by atoms with Gasteiger partial charge in [-0.05, 0) is 25.3 Å². The minimum atomic E-state index is 0.532. The maximum atomic E-state index is 7.45. The molecular weight excluding hydrogens is 98.1 g/mol. The third-order valence-corrected chi connectivity index (χ3v) is 1.79. The Morgan fingerprint density at radius 2 is 2.50 bits per heavy atom. The molecule has 0 aromatic heterocycles. The van der Waals surface area contributed by atoms with Crippen LogP contribution in [0.4, 0.5) is 0 Å². The molecule has 1 fully saturated rings. The van der Waals surface area contributed by atoms with E-state index < -0.39 is 0 Å². The molecule has 0 radical (unpaired) electrons. The van der Waals surface area contributed by atoms with Crippen molar-refractivity contribution in [2.24, 2.45) is 5.92 Å². The van der Waals surface area contributed by atoms with Crippen LogP contribution < -0.4 is 5.31 Å². The molecule has 0 aliphatic carbocycles. The molecule has 1 atom stereocenters. The van der Waals surface area contributed by atoms with Crippen LogP contribution in [0.3, 0.4) is 0 Å². The summed E-state index contributed by atoms with van der Waals surface area (Å²) in [6.45, 7) is 5.36. The Hall–Kier alpha value is -0.0400. The van der Waals surface area contributed by atoms with Gasteiger partial charge < -0.3 is 5.31 Å². The van der Waals surface area contributed by atoms with Crippen molar-refractivity contribution >= 4 is 0 Å². The molecule has 0 spiro atoms. The van der Waals surface area contributed by atoms with Crippen LogP contribution in [0.15, 0.2) is 0 Å². The van der Waals surface area contributed by atoms with Gasteiger partial charge in [-0.25, -0.2) is 0 Å². The van der Waals surface area contributed by atoms with Crippen molar-refractivity contribution in [2.75, 3.05) is 6.54 Å². The van der Waals surface area contributed by atoms with Gasteiger partial charge in [-0.1, -0.05) is 13.8 Å². The average Bonchev–Trinajstić information content (AvgIpc) is 2.13. The zero-order valence-electron chi connectivity index (χ0n) is 6.72. The Morgan fingerprint density at radius 3 is 2.75 bits per heavy atom. The maximum absolute atomic E-state index is 7.45. The summed E-state index contributed by atoms with van der Waals surface area (Å²) in [5.74, 6) is 0.657. The fraction of sp³-hybridized carbons (Fsp3) is 1.00. The highest BCUT2D eigenvalue weighted by Gasteiger charge is 2.16. The van der Waals surface area contributed by atoms with Crippen molar-refractivity contribution in [2.45, 2.75) is 32.7 Å². The Balaban J connectivity index is 2.40. The summed E-state index contributed by atoms with van der Waals surface area (Å²) in [6, 6.07) is 0.532. The molecule has 8 heavy (non-hydrogen) atoms. The smallest absolute Gasteiger partial charge is 0.122 e. The molecule has 1 rings (SSSR count). The average molecular weight is 114 g/mol. The van der Waals surface area contributed by atoms with Crippen LogP contribution in [0.5, 0.6) is 0 Å². The highest BCUT2D eigenvalue weighted by atomic mass is 14.9. The van der Waals surface area contributed by atoms with Gasteiger partial charge in [0.05, 0.1) is 0 Å². The molecule has 0 unspecified atom stereocenters. The molecular formula is C7H15N. The summed E-state index contributed by atoms with van der Waals surface area (Å²) in [6.07, 6.45) is 2.44. The Bertz CT molecular complexity index is 92.9. The summed E-state index contributed by atoms with van der Waals surface area (Å²) in [5.41, 5.74) is 0. The van der Waals surface area contributed by atoms with Gasteiger partial charge in [0.2, 0.25) is 0 Å². The predicted octanol–water partition coefficient (Wildman–Crippen LogP) is 1.39. The van der Waals surface area contributed by atoms with Gasteiger partial charge in [-0.3, -0.25) is 0 Å². The molecule has 1 heterocycles. The molecule has 1 heteroatoms. The Kier molecular flexibility index (Phi) is 1.50. The van der Waals surface area contributed by atoms with E-state index in [0.29, 0.717) is 12.0 Å².